The lowest BCUT2D eigenvalue weighted by Crippen LogP contribution is -2.27. The van der Waals surface area contributed by atoms with Crippen molar-refractivity contribution in [3.63, 3.8) is 0 Å². The smallest absolute Gasteiger partial charge is 0.0689 e. The lowest BCUT2D eigenvalue weighted by atomic mass is 9.67. The SMILES string of the molecule is COCCCCC1(C#N)CCC1. The Labute approximate surface area is 74.5 Å². The molecule has 0 spiro atoms. The molecule has 0 bridgehead atoms. The molecule has 0 atom stereocenters. The van der Waals surface area contributed by atoms with Gasteiger partial charge < -0.3 is 4.74 Å². The number of nitrogens with zero attached hydrogens (tertiary/aromatic N) is 1. The minimum absolute atomic E-state index is 0.0632. The zero-order valence-electron chi connectivity index (χ0n) is 7.81. The Balaban J connectivity index is 2.09. The van der Waals surface area contributed by atoms with Gasteiger partial charge in [0.05, 0.1) is 11.5 Å². The summed E-state index contributed by atoms with van der Waals surface area (Å²) in [5.41, 5.74) is 0.0632. The van der Waals surface area contributed by atoms with E-state index in [2.05, 4.69) is 6.07 Å². The van der Waals surface area contributed by atoms with Crippen LogP contribution in [0.1, 0.15) is 38.5 Å². The maximum atomic E-state index is 8.91. The quantitative estimate of drug-likeness (QED) is 0.589. The van der Waals surface area contributed by atoms with E-state index in [0.29, 0.717) is 0 Å². The third kappa shape index (κ3) is 2.22. The van der Waals surface area contributed by atoms with Crippen LogP contribution in [0.3, 0.4) is 0 Å². The van der Waals surface area contributed by atoms with Crippen LogP contribution in [0, 0.1) is 16.7 Å². The highest BCUT2D eigenvalue weighted by molar-refractivity contribution is 5.04. The van der Waals surface area contributed by atoms with Gasteiger partial charge in [-0.15, -0.1) is 0 Å². The van der Waals surface area contributed by atoms with E-state index >= 15 is 0 Å². The second-order valence-corrected chi connectivity index (χ2v) is 3.70. The van der Waals surface area contributed by atoms with Gasteiger partial charge in [-0.2, -0.15) is 5.26 Å². The first-order chi connectivity index (χ1) is 5.83. The van der Waals surface area contributed by atoms with Gasteiger partial charge in [0.15, 0.2) is 0 Å². The van der Waals surface area contributed by atoms with Crippen LogP contribution < -0.4 is 0 Å². The third-order valence-electron chi connectivity index (χ3n) is 2.80. The van der Waals surface area contributed by atoms with Crippen LogP contribution in [0.4, 0.5) is 0 Å². The van der Waals surface area contributed by atoms with E-state index in [-0.39, 0.29) is 5.41 Å². The average molecular weight is 167 g/mol. The molecule has 2 heteroatoms. The van der Waals surface area contributed by atoms with Crippen molar-refractivity contribution in [3.05, 3.63) is 0 Å². The third-order valence-corrected chi connectivity index (χ3v) is 2.80. The number of hydrogen-bond donors (Lipinski definition) is 0. The Morgan fingerprint density at radius 2 is 2.17 bits per heavy atom. The van der Waals surface area contributed by atoms with Gasteiger partial charge in [0.25, 0.3) is 0 Å². The molecule has 0 aromatic carbocycles. The van der Waals surface area contributed by atoms with E-state index in [4.69, 9.17) is 10.00 Å². The van der Waals surface area contributed by atoms with Gasteiger partial charge in [-0.25, -0.2) is 0 Å². The first-order valence-electron chi connectivity index (χ1n) is 4.73. The Bertz CT molecular complexity index is 167. The fourth-order valence-corrected chi connectivity index (χ4v) is 1.73. The van der Waals surface area contributed by atoms with Crippen LogP contribution in [0.25, 0.3) is 0 Å². The number of ether oxygens (including phenoxy) is 1. The lowest BCUT2D eigenvalue weighted by molar-refractivity contribution is 0.164. The molecule has 1 fully saturated rings. The fraction of sp³-hybridized carbons (Fsp3) is 0.900. The Kier molecular flexibility index (Phi) is 3.55. The van der Waals surface area contributed by atoms with Crippen molar-refractivity contribution >= 4 is 0 Å². The minimum atomic E-state index is 0.0632. The molecule has 1 rings (SSSR count). The highest BCUT2D eigenvalue weighted by atomic mass is 16.5. The maximum Gasteiger partial charge on any atom is 0.0689 e. The van der Waals surface area contributed by atoms with Crippen LogP contribution in [-0.4, -0.2) is 13.7 Å². The second-order valence-electron chi connectivity index (χ2n) is 3.70. The van der Waals surface area contributed by atoms with Crippen molar-refractivity contribution in [2.24, 2.45) is 5.41 Å². The zero-order chi connectivity index (χ0) is 8.86. The summed E-state index contributed by atoms with van der Waals surface area (Å²) < 4.78 is 4.96. The van der Waals surface area contributed by atoms with Crippen LogP contribution in [-0.2, 0) is 4.74 Å². The van der Waals surface area contributed by atoms with Crippen LogP contribution in [0.5, 0.6) is 0 Å². The Morgan fingerprint density at radius 1 is 1.42 bits per heavy atom. The van der Waals surface area contributed by atoms with Crippen molar-refractivity contribution in [2.45, 2.75) is 38.5 Å². The topological polar surface area (TPSA) is 33.0 Å². The van der Waals surface area contributed by atoms with Crippen molar-refractivity contribution < 1.29 is 4.74 Å². The number of methoxy groups -OCH3 is 1. The van der Waals surface area contributed by atoms with E-state index in [0.717, 1.165) is 38.7 Å². The standard InChI is InChI=1S/C10H17NO/c1-12-8-3-2-5-10(9-11)6-4-7-10/h2-8H2,1H3. The van der Waals surface area contributed by atoms with Crippen molar-refractivity contribution in [2.75, 3.05) is 13.7 Å². The van der Waals surface area contributed by atoms with Crippen LogP contribution in [0.15, 0.2) is 0 Å². The van der Waals surface area contributed by atoms with Crippen molar-refractivity contribution in [1.82, 2.24) is 0 Å². The normalized spacial score (nSPS) is 19.7. The summed E-state index contributed by atoms with van der Waals surface area (Å²) >= 11 is 0. The molecule has 0 aromatic rings. The number of nitriles is 1. The highest BCUT2D eigenvalue weighted by Crippen LogP contribution is 2.44. The molecule has 0 N–H and O–H groups in total. The summed E-state index contributed by atoms with van der Waals surface area (Å²) in [5, 5.41) is 8.91. The molecule has 0 heterocycles. The van der Waals surface area contributed by atoms with Crippen LogP contribution in [0.2, 0.25) is 0 Å². The van der Waals surface area contributed by atoms with Crippen LogP contribution >= 0.6 is 0 Å². The summed E-state index contributed by atoms with van der Waals surface area (Å²) in [6.07, 6.45) is 6.80. The van der Waals surface area contributed by atoms with E-state index in [1.54, 1.807) is 7.11 Å². The van der Waals surface area contributed by atoms with Gasteiger partial charge in [-0.3, -0.25) is 0 Å². The molecule has 0 aromatic heterocycles. The molecule has 0 radical (unpaired) electrons. The van der Waals surface area contributed by atoms with Gasteiger partial charge in [-0.05, 0) is 32.1 Å². The predicted octanol–water partition coefficient (Wildman–Crippen LogP) is 2.50. The van der Waals surface area contributed by atoms with Crippen molar-refractivity contribution in [1.29, 1.82) is 5.26 Å². The zero-order valence-corrected chi connectivity index (χ0v) is 7.81. The molecule has 0 amide bonds. The Morgan fingerprint density at radius 3 is 2.58 bits per heavy atom. The molecule has 2 nitrogen and oxygen atoms in total. The lowest BCUT2D eigenvalue weighted by Gasteiger charge is -2.35. The van der Waals surface area contributed by atoms with E-state index in [1.165, 1.54) is 6.42 Å². The molecule has 12 heavy (non-hydrogen) atoms. The summed E-state index contributed by atoms with van der Waals surface area (Å²) in [5.74, 6) is 0. The molecule has 1 saturated carbocycles. The van der Waals surface area contributed by atoms with Gasteiger partial charge in [0, 0.05) is 13.7 Å². The van der Waals surface area contributed by atoms with E-state index < -0.39 is 0 Å². The second kappa shape index (κ2) is 4.47. The molecule has 0 aliphatic heterocycles. The van der Waals surface area contributed by atoms with E-state index in [1.807, 2.05) is 0 Å². The summed E-state index contributed by atoms with van der Waals surface area (Å²) in [6.45, 7) is 0.835. The molecular formula is C10H17NO. The average Bonchev–Trinajstić information content (AvgIpc) is 2.02. The highest BCUT2D eigenvalue weighted by Gasteiger charge is 2.36. The number of hydrogen-bond acceptors (Lipinski definition) is 2. The first kappa shape index (κ1) is 9.54. The minimum Gasteiger partial charge on any atom is -0.385 e. The predicted molar refractivity (Wildman–Crippen MR) is 47.6 cm³/mol. The van der Waals surface area contributed by atoms with Crippen molar-refractivity contribution in [3.8, 4) is 6.07 Å². The van der Waals surface area contributed by atoms with Gasteiger partial charge >= 0.3 is 0 Å². The Hall–Kier alpha value is -0.550. The molecule has 1 aliphatic rings. The largest absolute Gasteiger partial charge is 0.385 e. The fourth-order valence-electron chi connectivity index (χ4n) is 1.73. The van der Waals surface area contributed by atoms with Gasteiger partial charge in [-0.1, -0.05) is 6.42 Å². The monoisotopic (exact) mass is 167 g/mol. The maximum absolute atomic E-state index is 8.91. The molecule has 0 unspecified atom stereocenters. The molecular weight excluding hydrogens is 150 g/mol. The first-order valence-corrected chi connectivity index (χ1v) is 4.73. The number of rotatable bonds is 5. The number of unbranched alkanes of at least 4 members (excludes halogenated alkanes) is 1. The van der Waals surface area contributed by atoms with E-state index in [9.17, 15) is 0 Å². The summed E-state index contributed by atoms with van der Waals surface area (Å²) in [7, 11) is 1.73. The van der Waals surface area contributed by atoms with Gasteiger partial charge in [0.1, 0.15) is 0 Å². The van der Waals surface area contributed by atoms with Gasteiger partial charge in [0.2, 0.25) is 0 Å². The summed E-state index contributed by atoms with van der Waals surface area (Å²) in [6, 6.07) is 2.45. The molecule has 0 saturated heterocycles. The molecule has 1 aliphatic carbocycles. The summed E-state index contributed by atoms with van der Waals surface area (Å²) in [4.78, 5) is 0. The molecule has 68 valence electrons.